The van der Waals surface area contributed by atoms with Gasteiger partial charge in [0.15, 0.2) is 5.65 Å². The molecule has 13 heteroatoms. The molecule has 0 saturated carbocycles. The van der Waals surface area contributed by atoms with Crippen LogP contribution < -0.4 is 25.4 Å². The van der Waals surface area contributed by atoms with Crippen LogP contribution in [0.5, 0.6) is 11.5 Å². The quantitative estimate of drug-likeness (QED) is 0.111. The molecule has 3 aromatic carbocycles. The summed E-state index contributed by atoms with van der Waals surface area (Å²) in [5.41, 5.74) is 4.01. The molecule has 0 bridgehead atoms. The van der Waals surface area contributed by atoms with E-state index in [1.807, 2.05) is 54.6 Å². The Balaban J connectivity index is 1.23. The molecule has 0 aliphatic rings. The molecular weight excluding hydrogens is 730 g/mol. The van der Waals surface area contributed by atoms with Crippen LogP contribution in [-0.4, -0.2) is 46.0 Å². The smallest absolute Gasteiger partial charge is 0.256 e. The number of ether oxygens (including phenoxy) is 2. The molecule has 0 fully saturated rings. The zero-order valence-corrected chi connectivity index (χ0v) is 30.6. The number of fused-ring (bicyclic) bond motifs is 1. The highest BCUT2D eigenvalue weighted by molar-refractivity contribution is 9.10. The number of nitrogens with one attached hydrogen (secondary N) is 3. The van der Waals surface area contributed by atoms with Crippen molar-refractivity contribution < 1.29 is 19.1 Å². The zero-order chi connectivity index (χ0) is 35.9. The Morgan fingerprint density at radius 1 is 0.863 bits per heavy atom. The Bertz CT molecular complexity index is 2200. The van der Waals surface area contributed by atoms with Crippen molar-refractivity contribution >= 4 is 73.6 Å². The maximum absolute atomic E-state index is 13.3. The number of aromatic nitrogens is 4. The molecule has 6 rings (SSSR count). The average molecular weight is 765 g/mol. The highest BCUT2D eigenvalue weighted by atomic mass is 79.9. The first kappa shape index (κ1) is 35.3. The van der Waals surface area contributed by atoms with E-state index in [9.17, 15) is 9.59 Å². The third-order valence-corrected chi connectivity index (χ3v) is 9.34. The molecule has 3 aromatic heterocycles. The van der Waals surface area contributed by atoms with Crippen molar-refractivity contribution in [1.82, 2.24) is 19.9 Å². The van der Waals surface area contributed by atoms with Gasteiger partial charge in [0.1, 0.15) is 29.5 Å². The van der Waals surface area contributed by atoms with Gasteiger partial charge in [-0.1, -0.05) is 31.7 Å². The van der Waals surface area contributed by atoms with Crippen molar-refractivity contribution in [2.24, 2.45) is 0 Å². The average Bonchev–Trinajstić information content (AvgIpc) is 3.14. The lowest BCUT2D eigenvalue weighted by Gasteiger charge is -2.15. The van der Waals surface area contributed by atoms with E-state index in [4.69, 9.17) is 14.5 Å². The molecule has 3 heterocycles. The van der Waals surface area contributed by atoms with Crippen LogP contribution in [0.15, 0.2) is 112 Å². The van der Waals surface area contributed by atoms with E-state index in [1.54, 1.807) is 50.7 Å². The maximum Gasteiger partial charge on any atom is 0.256 e. The van der Waals surface area contributed by atoms with E-state index in [0.717, 1.165) is 30.9 Å². The lowest BCUT2D eigenvalue weighted by atomic mass is 10.1. The van der Waals surface area contributed by atoms with Crippen LogP contribution in [0.4, 0.5) is 23.0 Å². The van der Waals surface area contributed by atoms with Crippen LogP contribution in [0, 0.1) is 0 Å². The van der Waals surface area contributed by atoms with Crippen molar-refractivity contribution in [3.05, 3.63) is 119 Å². The molecule has 11 nitrogen and oxygen atoms in total. The summed E-state index contributed by atoms with van der Waals surface area (Å²) in [6.07, 6.45) is 3.24. The van der Waals surface area contributed by atoms with Gasteiger partial charge in [-0.05, 0) is 94.6 Å². The number of anilines is 4. The van der Waals surface area contributed by atoms with Crippen LogP contribution in [0.1, 0.15) is 41.4 Å². The number of halogens is 1. The second kappa shape index (κ2) is 16.0. The number of benzene rings is 3. The molecule has 0 radical (unpaired) electrons. The van der Waals surface area contributed by atoms with Crippen LogP contribution in [0.2, 0.25) is 0 Å². The molecule has 6 aromatic rings. The highest BCUT2D eigenvalue weighted by Gasteiger charge is 2.16. The van der Waals surface area contributed by atoms with E-state index in [-0.39, 0.29) is 24.2 Å². The van der Waals surface area contributed by atoms with Crippen LogP contribution in [0.3, 0.4) is 0 Å². The molecule has 258 valence electrons. The van der Waals surface area contributed by atoms with Gasteiger partial charge >= 0.3 is 0 Å². The SMILES string of the molecule is COc1ccc(CC(=O)Nc2ccc(Sc3ccc(C(=O)Nc4ccc(Br)cn4)cc3Nc3ncnc4nc(C(C)C)ccc34)cc2)c(OC)c1. The monoisotopic (exact) mass is 763 g/mol. The van der Waals surface area contributed by atoms with E-state index >= 15 is 0 Å². The molecule has 3 N–H and O–H groups in total. The van der Waals surface area contributed by atoms with Crippen molar-refractivity contribution in [3.63, 3.8) is 0 Å². The van der Waals surface area contributed by atoms with Crippen LogP contribution in [0.25, 0.3) is 11.0 Å². The summed E-state index contributed by atoms with van der Waals surface area (Å²) in [5, 5.41) is 10.00. The minimum absolute atomic E-state index is 0.141. The number of hydrogen-bond donors (Lipinski definition) is 3. The summed E-state index contributed by atoms with van der Waals surface area (Å²) in [4.78, 5) is 45.9. The number of rotatable bonds is 12. The van der Waals surface area contributed by atoms with E-state index in [1.165, 1.54) is 18.1 Å². The van der Waals surface area contributed by atoms with Gasteiger partial charge in [0.2, 0.25) is 5.91 Å². The largest absolute Gasteiger partial charge is 0.497 e. The zero-order valence-electron chi connectivity index (χ0n) is 28.2. The Kier molecular flexibility index (Phi) is 11.1. The number of carbonyl (C=O) groups excluding carboxylic acids is 2. The van der Waals surface area contributed by atoms with Gasteiger partial charge in [0, 0.05) is 49.0 Å². The fraction of sp³-hybridized carbons (Fsp3) is 0.158. The van der Waals surface area contributed by atoms with Gasteiger partial charge < -0.3 is 25.4 Å². The molecule has 2 amide bonds. The third kappa shape index (κ3) is 8.80. The van der Waals surface area contributed by atoms with Gasteiger partial charge in [-0.2, -0.15) is 0 Å². The van der Waals surface area contributed by atoms with Crippen molar-refractivity contribution in [2.45, 2.75) is 36.0 Å². The summed E-state index contributed by atoms with van der Waals surface area (Å²) >= 11 is 4.87. The van der Waals surface area contributed by atoms with Crippen molar-refractivity contribution in [3.8, 4) is 11.5 Å². The van der Waals surface area contributed by atoms with E-state index < -0.39 is 0 Å². The predicted molar refractivity (Wildman–Crippen MR) is 203 cm³/mol. The Hall–Kier alpha value is -5.53. The Morgan fingerprint density at radius 2 is 1.69 bits per heavy atom. The fourth-order valence-electron chi connectivity index (χ4n) is 5.11. The first-order chi connectivity index (χ1) is 24.7. The first-order valence-corrected chi connectivity index (χ1v) is 17.5. The number of carbonyl (C=O) groups is 2. The summed E-state index contributed by atoms with van der Waals surface area (Å²) in [6, 6.07) is 25.8. The fourth-order valence-corrected chi connectivity index (χ4v) is 6.23. The lowest BCUT2D eigenvalue weighted by molar-refractivity contribution is -0.115. The van der Waals surface area contributed by atoms with Crippen LogP contribution in [-0.2, 0) is 11.2 Å². The van der Waals surface area contributed by atoms with E-state index in [0.29, 0.717) is 45.7 Å². The molecule has 51 heavy (non-hydrogen) atoms. The third-order valence-electron chi connectivity index (χ3n) is 7.79. The second-order valence-electron chi connectivity index (χ2n) is 11.7. The number of methoxy groups -OCH3 is 2. The topological polar surface area (TPSA) is 140 Å². The standard InChI is InChI=1S/C38H34BrN7O4S/c1-22(2)30-14-13-29-36(44-30)41-21-42-37(29)45-31-17-24(38(48)46-34-16-7-25(39)20-40-34)6-15-33(31)51-28-11-8-26(9-12-28)43-35(47)18-23-5-10-27(49-3)19-32(23)50-4/h5-17,19-22H,18H2,1-4H3,(H,43,47)(H,40,46,48)(H,41,42,44,45). The van der Waals surface area contributed by atoms with Crippen molar-refractivity contribution in [2.75, 3.05) is 30.2 Å². The molecule has 0 atom stereocenters. The Morgan fingerprint density at radius 3 is 2.41 bits per heavy atom. The van der Waals surface area contributed by atoms with Crippen molar-refractivity contribution in [1.29, 1.82) is 0 Å². The van der Waals surface area contributed by atoms with Gasteiger partial charge in [-0.25, -0.2) is 19.9 Å². The maximum atomic E-state index is 13.3. The number of pyridine rings is 2. The second-order valence-corrected chi connectivity index (χ2v) is 13.7. The molecule has 0 spiro atoms. The minimum atomic E-state index is -0.312. The summed E-state index contributed by atoms with van der Waals surface area (Å²) in [5.74, 6) is 1.98. The van der Waals surface area contributed by atoms with Gasteiger partial charge in [0.25, 0.3) is 5.91 Å². The molecule has 0 unspecified atom stereocenters. The van der Waals surface area contributed by atoms with Gasteiger partial charge in [-0.3, -0.25) is 9.59 Å². The molecule has 0 aliphatic carbocycles. The highest BCUT2D eigenvalue weighted by Crippen LogP contribution is 2.37. The number of nitrogens with zero attached hydrogens (tertiary/aromatic N) is 4. The predicted octanol–water partition coefficient (Wildman–Crippen LogP) is 8.65. The Labute approximate surface area is 307 Å². The van der Waals surface area contributed by atoms with E-state index in [2.05, 4.69) is 60.7 Å². The number of amides is 2. The van der Waals surface area contributed by atoms with Gasteiger partial charge in [0.05, 0.1) is 31.7 Å². The summed E-state index contributed by atoms with van der Waals surface area (Å²) in [6.45, 7) is 4.16. The minimum Gasteiger partial charge on any atom is -0.497 e. The summed E-state index contributed by atoms with van der Waals surface area (Å²) in [7, 11) is 3.14. The lowest BCUT2D eigenvalue weighted by Crippen LogP contribution is -2.14. The molecular formula is C38H34BrN7O4S. The normalized spacial score (nSPS) is 10.9. The van der Waals surface area contributed by atoms with Gasteiger partial charge in [-0.15, -0.1) is 0 Å². The number of hydrogen-bond acceptors (Lipinski definition) is 10. The summed E-state index contributed by atoms with van der Waals surface area (Å²) < 4.78 is 11.5. The van der Waals surface area contributed by atoms with Crippen LogP contribution >= 0.6 is 27.7 Å². The molecule has 0 saturated heterocycles. The first-order valence-electron chi connectivity index (χ1n) is 15.9. The molecule has 0 aliphatic heterocycles.